The normalized spacial score (nSPS) is 9.57. The van der Waals surface area contributed by atoms with Crippen LogP contribution in [0.15, 0.2) is 24.3 Å². The summed E-state index contributed by atoms with van der Waals surface area (Å²) in [6.45, 7) is 0.158. The molecular weight excluding hydrogens is 178 g/mol. The van der Waals surface area contributed by atoms with Gasteiger partial charge in [0.25, 0.3) is 0 Å². The Morgan fingerprint density at radius 2 is 2.07 bits per heavy atom. The van der Waals surface area contributed by atoms with E-state index in [0.29, 0.717) is 0 Å². The molecular formula is C10H15N3O. The topological polar surface area (TPSA) is 58.4 Å². The molecule has 4 heteroatoms. The number of hydrogen-bond donors (Lipinski definition) is 2. The molecule has 0 heterocycles. The van der Waals surface area contributed by atoms with Gasteiger partial charge >= 0.3 is 0 Å². The van der Waals surface area contributed by atoms with E-state index in [1.54, 1.807) is 0 Å². The van der Waals surface area contributed by atoms with Crippen LogP contribution in [0.25, 0.3) is 0 Å². The van der Waals surface area contributed by atoms with Crippen LogP contribution < -0.4 is 16.0 Å². The lowest BCUT2D eigenvalue weighted by molar-refractivity contribution is -0.116. The molecule has 4 nitrogen and oxygen atoms in total. The van der Waals surface area contributed by atoms with Crippen LogP contribution >= 0.6 is 0 Å². The molecule has 0 saturated heterocycles. The van der Waals surface area contributed by atoms with Crippen LogP contribution in [0.2, 0.25) is 0 Å². The number of rotatable bonds is 4. The number of benzene rings is 1. The molecule has 0 saturated carbocycles. The minimum absolute atomic E-state index is 0.158. The zero-order chi connectivity index (χ0) is 10.6. The van der Waals surface area contributed by atoms with Crippen molar-refractivity contribution in [3.8, 4) is 0 Å². The average Bonchev–Trinajstić information content (AvgIpc) is 2.15. The van der Waals surface area contributed by atoms with Crippen molar-refractivity contribution in [3.63, 3.8) is 0 Å². The molecule has 0 unspecified atom stereocenters. The number of primary amides is 1. The highest BCUT2D eigenvalue weighted by Gasteiger charge is 2.03. The van der Waals surface area contributed by atoms with E-state index in [-0.39, 0.29) is 12.5 Å². The van der Waals surface area contributed by atoms with Crippen LogP contribution in [-0.4, -0.2) is 26.5 Å². The van der Waals surface area contributed by atoms with E-state index in [1.165, 1.54) is 0 Å². The van der Waals surface area contributed by atoms with Gasteiger partial charge in [-0.1, -0.05) is 12.1 Å². The third-order valence-corrected chi connectivity index (χ3v) is 1.84. The number of carbonyl (C=O) groups excluding carboxylic acids is 1. The van der Waals surface area contributed by atoms with E-state index < -0.39 is 0 Å². The Balaban J connectivity index is 2.79. The first-order valence-corrected chi connectivity index (χ1v) is 4.40. The van der Waals surface area contributed by atoms with Crippen LogP contribution in [0.3, 0.4) is 0 Å². The van der Waals surface area contributed by atoms with Crippen molar-refractivity contribution in [2.45, 2.75) is 0 Å². The zero-order valence-electron chi connectivity index (χ0n) is 8.45. The molecule has 1 aromatic carbocycles. The Bertz CT molecular complexity index is 323. The van der Waals surface area contributed by atoms with Crippen molar-refractivity contribution in [2.24, 2.45) is 5.73 Å². The van der Waals surface area contributed by atoms with E-state index >= 15 is 0 Å². The number of nitrogens with one attached hydrogen (secondary N) is 1. The maximum absolute atomic E-state index is 10.6. The van der Waals surface area contributed by atoms with Gasteiger partial charge in [0.2, 0.25) is 5.91 Å². The summed E-state index contributed by atoms with van der Waals surface area (Å²) >= 11 is 0. The Kier molecular flexibility index (Phi) is 3.34. The molecule has 1 amide bonds. The number of carbonyl (C=O) groups is 1. The minimum atomic E-state index is -0.362. The lowest BCUT2D eigenvalue weighted by Gasteiger charge is -2.17. The molecule has 0 aliphatic heterocycles. The van der Waals surface area contributed by atoms with Crippen molar-refractivity contribution in [2.75, 3.05) is 30.9 Å². The van der Waals surface area contributed by atoms with Gasteiger partial charge in [0, 0.05) is 14.1 Å². The van der Waals surface area contributed by atoms with Crippen LogP contribution in [0.4, 0.5) is 11.4 Å². The fourth-order valence-electron chi connectivity index (χ4n) is 1.20. The van der Waals surface area contributed by atoms with E-state index in [0.717, 1.165) is 11.4 Å². The predicted molar refractivity (Wildman–Crippen MR) is 58.5 cm³/mol. The molecule has 0 aliphatic carbocycles. The first-order chi connectivity index (χ1) is 6.61. The zero-order valence-corrected chi connectivity index (χ0v) is 8.45. The molecule has 76 valence electrons. The van der Waals surface area contributed by atoms with Gasteiger partial charge < -0.3 is 16.0 Å². The van der Waals surface area contributed by atoms with Gasteiger partial charge in [0.05, 0.1) is 17.9 Å². The fourth-order valence-corrected chi connectivity index (χ4v) is 1.20. The third kappa shape index (κ3) is 2.65. The van der Waals surface area contributed by atoms with Crippen molar-refractivity contribution >= 4 is 17.3 Å². The number of para-hydroxylation sites is 2. The van der Waals surface area contributed by atoms with Crippen LogP contribution in [0.1, 0.15) is 0 Å². The third-order valence-electron chi connectivity index (χ3n) is 1.84. The summed E-state index contributed by atoms with van der Waals surface area (Å²) in [5.41, 5.74) is 7.00. The smallest absolute Gasteiger partial charge is 0.236 e. The Morgan fingerprint density at radius 3 is 2.64 bits per heavy atom. The summed E-state index contributed by atoms with van der Waals surface area (Å²) in [5.74, 6) is -0.362. The SMILES string of the molecule is CN(C)c1ccccc1NCC(N)=O. The molecule has 0 atom stereocenters. The van der Waals surface area contributed by atoms with Gasteiger partial charge in [0.1, 0.15) is 0 Å². The molecule has 0 bridgehead atoms. The van der Waals surface area contributed by atoms with Gasteiger partial charge in [0.15, 0.2) is 0 Å². The molecule has 0 spiro atoms. The number of hydrogen-bond acceptors (Lipinski definition) is 3. The lowest BCUT2D eigenvalue weighted by atomic mass is 10.2. The second-order valence-corrected chi connectivity index (χ2v) is 3.23. The van der Waals surface area contributed by atoms with Gasteiger partial charge in [-0.3, -0.25) is 4.79 Å². The van der Waals surface area contributed by atoms with Crippen molar-refractivity contribution in [1.82, 2.24) is 0 Å². The second kappa shape index (κ2) is 4.50. The van der Waals surface area contributed by atoms with Crippen molar-refractivity contribution < 1.29 is 4.79 Å². The van der Waals surface area contributed by atoms with E-state index in [9.17, 15) is 4.79 Å². The van der Waals surface area contributed by atoms with E-state index in [1.807, 2.05) is 43.3 Å². The van der Waals surface area contributed by atoms with E-state index in [4.69, 9.17) is 5.73 Å². The quantitative estimate of drug-likeness (QED) is 0.738. The molecule has 1 rings (SSSR count). The average molecular weight is 193 g/mol. The molecule has 14 heavy (non-hydrogen) atoms. The van der Waals surface area contributed by atoms with Crippen LogP contribution in [-0.2, 0) is 4.79 Å². The second-order valence-electron chi connectivity index (χ2n) is 3.23. The molecule has 0 radical (unpaired) electrons. The highest BCUT2D eigenvalue weighted by atomic mass is 16.1. The Labute approximate surface area is 83.7 Å². The minimum Gasteiger partial charge on any atom is -0.376 e. The molecule has 0 fully saturated rings. The first kappa shape index (κ1) is 10.4. The number of amides is 1. The Hall–Kier alpha value is -1.71. The summed E-state index contributed by atoms with van der Waals surface area (Å²) in [6.07, 6.45) is 0. The van der Waals surface area contributed by atoms with Gasteiger partial charge in [-0.2, -0.15) is 0 Å². The van der Waals surface area contributed by atoms with Crippen molar-refractivity contribution in [3.05, 3.63) is 24.3 Å². The highest BCUT2D eigenvalue weighted by Crippen LogP contribution is 2.22. The van der Waals surface area contributed by atoms with Crippen LogP contribution in [0, 0.1) is 0 Å². The maximum Gasteiger partial charge on any atom is 0.236 e. The predicted octanol–water partition coefficient (Wildman–Crippen LogP) is 0.650. The van der Waals surface area contributed by atoms with Gasteiger partial charge in [-0.25, -0.2) is 0 Å². The largest absolute Gasteiger partial charge is 0.376 e. The van der Waals surface area contributed by atoms with Gasteiger partial charge in [-0.15, -0.1) is 0 Å². The van der Waals surface area contributed by atoms with Crippen LogP contribution in [0.5, 0.6) is 0 Å². The summed E-state index contributed by atoms with van der Waals surface area (Å²) in [5, 5.41) is 2.98. The number of nitrogens with zero attached hydrogens (tertiary/aromatic N) is 1. The summed E-state index contributed by atoms with van der Waals surface area (Å²) in [6, 6.07) is 7.75. The molecule has 3 N–H and O–H groups in total. The van der Waals surface area contributed by atoms with Crippen molar-refractivity contribution in [1.29, 1.82) is 0 Å². The standard InChI is InChI=1S/C10H15N3O/c1-13(2)9-6-4-3-5-8(9)12-7-10(11)14/h3-6,12H,7H2,1-2H3,(H2,11,14). The monoisotopic (exact) mass is 193 g/mol. The highest BCUT2D eigenvalue weighted by molar-refractivity contribution is 5.81. The Morgan fingerprint density at radius 1 is 1.43 bits per heavy atom. The van der Waals surface area contributed by atoms with E-state index in [2.05, 4.69) is 5.32 Å². The molecule has 0 aromatic heterocycles. The molecule has 0 aliphatic rings. The first-order valence-electron chi connectivity index (χ1n) is 4.40. The molecule has 1 aromatic rings. The fraction of sp³-hybridized carbons (Fsp3) is 0.300. The number of nitrogens with two attached hydrogens (primary N) is 1. The lowest BCUT2D eigenvalue weighted by Crippen LogP contribution is -2.23. The van der Waals surface area contributed by atoms with Gasteiger partial charge in [-0.05, 0) is 12.1 Å². The maximum atomic E-state index is 10.6. The summed E-state index contributed by atoms with van der Waals surface area (Å²) in [4.78, 5) is 12.6. The number of anilines is 2. The summed E-state index contributed by atoms with van der Waals surface area (Å²) in [7, 11) is 3.90. The summed E-state index contributed by atoms with van der Waals surface area (Å²) < 4.78 is 0.